The topological polar surface area (TPSA) is 9.23 Å². The standard InChI is InChI=1S/C15H20NO/c1-16(2)14-8-13(9-15(16)11-17-10-14)12-6-4-3-5-7-12/h3-8,14-15H,9-11H2,1-2H3/q+1. The minimum atomic E-state index is 0.512. The second kappa shape index (κ2) is 3.97. The van der Waals surface area contributed by atoms with E-state index in [0.29, 0.717) is 12.1 Å². The van der Waals surface area contributed by atoms with Gasteiger partial charge >= 0.3 is 0 Å². The molecule has 2 atom stereocenters. The molecule has 0 aliphatic carbocycles. The third-order valence-corrected chi connectivity index (χ3v) is 4.39. The molecule has 2 aliphatic heterocycles. The average molecular weight is 230 g/mol. The fourth-order valence-corrected chi connectivity index (χ4v) is 2.93. The highest BCUT2D eigenvalue weighted by Gasteiger charge is 2.43. The van der Waals surface area contributed by atoms with Crippen LogP contribution in [0.5, 0.6) is 0 Å². The Hall–Kier alpha value is -1.12. The maximum Gasteiger partial charge on any atom is 0.132 e. The summed E-state index contributed by atoms with van der Waals surface area (Å²) in [5.41, 5.74) is 2.88. The van der Waals surface area contributed by atoms with E-state index in [4.69, 9.17) is 4.74 Å². The summed E-state index contributed by atoms with van der Waals surface area (Å²) in [7, 11) is 4.66. The SMILES string of the molecule is C[N+]1(C)C2C=C(c3ccccc3)CC1COC2. The third kappa shape index (κ3) is 1.81. The molecule has 1 aromatic carbocycles. The molecule has 17 heavy (non-hydrogen) atoms. The molecule has 1 fully saturated rings. The van der Waals surface area contributed by atoms with Crippen LogP contribution in [0.4, 0.5) is 0 Å². The van der Waals surface area contributed by atoms with Crippen LogP contribution in [0.25, 0.3) is 5.57 Å². The second-order valence-corrected chi connectivity index (χ2v) is 5.65. The van der Waals surface area contributed by atoms with E-state index in [2.05, 4.69) is 50.5 Å². The fourth-order valence-electron chi connectivity index (χ4n) is 2.93. The number of hydrogen-bond acceptors (Lipinski definition) is 1. The molecule has 2 aliphatic rings. The van der Waals surface area contributed by atoms with Crippen molar-refractivity contribution in [3.63, 3.8) is 0 Å². The van der Waals surface area contributed by atoms with Gasteiger partial charge in [0.2, 0.25) is 0 Å². The summed E-state index contributed by atoms with van der Waals surface area (Å²) in [5, 5.41) is 0. The number of fused-ring (bicyclic) bond motifs is 2. The second-order valence-electron chi connectivity index (χ2n) is 5.65. The van der Waals surface area contributed by atoms with Gasteiger partial charge < -0.3 is 9.22 Å². The van der Waals surface area contributed by atoms with E-state index in [1.54, 1.807) is 0 Å². The fraction of sp³-hybridized carbons (Fsp3) is 0.467. The van der Waals surface area contributed by atoms with Gasteiger partial charge in [0.25, 0.3) is 0 Å². The molecule has 2 bridgehead atoms. The number of likely N-dealkylation sites (N-methyl/N-ethyl adjacent to an activating group) is 1. The monoisotopic (exact) mass is 230 g/mol. The van der Waals surface area contributed by atoms with Crippen molar-refractivity contribution in [2.24, 2.45) is 0 Å². The molecule has 2 heteroatoms. The van der Waals surface area contributed by atoms with Gasteiger partial charge in [-0.2, -0.15) is 0 Å². The predicted molar refractivity (Wildman–Crippen MR) is 69.5 cm³/mol. The van der Waals surface area contributed by atoms with Crippen molar-refractivity contribution < 1.29 is 9.22 Å². The largest absolute Gasteiger partial charge is 0.369 e. The van der Waals surface area contributed by atoms with Crippen LogP contribution in [0.1, 0.15) is 12.0 Å². The lowest BCUT2D eigenvalue weighted by molar-refractivity contribution is -0.941. The number of ether oxygens (including phenoxy) is 1. The van der Waals surface area contributed by atoms with E-state index in [0.717, 1.165) is 24.1 Å². The molecule has 1 saturated heterocycles. The highest BCUT2D eigenvalue weighted by Crippen LogP contribution is 2.35. The minimum absolute atomic E-state index is 0.512. The van der Waals surface area contributed by atoms with E-state index in [1.807, 2.05) is 0 Å². The van der Waals surface area contributed by atoms with Crippen molar-refractivity contribution in [3.8, 4) is 0 Å². The van der Waals surface area contributed by atoms with Crippen molar-refractivity contribution in [2.75, 3.05) is 27.3 Å². The smallest absolute Gasteiger partial charge is 0.132 e. The number of nitrogens with zero attached hydrogens (tertiary/aromatic N) is 1. The van der Waals surface area contributed by atoms with E-state index in [9.17, 15) is 0 Å². The molecule has 0 N–H and O–H groups in total. The molecular formula is C15H20NO+. The van der Waals surface area contributed by atoms with Gasteiger partial charge in [-0.05, 0) is 17.2 Å². The normalized spacial score (nSPS) is 30.8. The Morgan fingerprint density at radius 2 is 1.88 bits per heavy atom. The van der Waals surface area contributed by atoms with Crippen molar-refractivity contribution in [2.45, 2.75) is 18.5 Å². The molecule has 0 amide bonds. The molecule has 90 valence electrons. The Kier molecular flexibility index (Phi) is 2.57. The van der Waals surface area contributed by atoms with Crippen LogP contribution in [0.3, 0.4) is 0 Å². The molecular weight excluding hydrogens is 210 g/mol. The van der Waals surface area contributed by atoms with Crippen molar-refractivity contribution in [1.82, 2.24) is 0 Å². The summed E-state index contributed by atoms with van der Waals surface area (Å²) in [6.07, 6.45) is 3.55. The molecule has 2 heterocycles. The van der Waals surface area contributed by atoms with Crippen molar-refractivity contribution in [1.29, 1.82) is 0 Å². The Labute approximate surface area is 103 Å². The maximum absolute atomic E-state index is 5.70. The third-order valence-electron chi connectivity index (χ3n) is 4.39. The average Bonchev–Trinajstić information content (AvgIpc) is 2.28. The van der Waals surface area contributed by atoms with Crippen LogP contribution in [0.2, 0.25) is 0 Å². The lowest BCUT2D eigenvalue weighted by Gasteiger charge is -2.49. The van der Waals surface area contributed by atoms with Crippen molar-refractivity contribution >= 4 is 5.57 Å². The lowest BCUT2D eigenvalue weighted by Crippen LogP contribution is -2.63. The van der Waals surface area contributed by atoms with E-state index < -0.39 is 0 Å². The zero-order chi connectivity index (χ0) is 11.9. The van der Waals surface area contributed by atoms with Crippen LogP contribution < -0.4 is 0 Å². The Morgan fingerprint density at radius 1 is 1.12 bits per heavy atom. The Morgan fingerprint density at radius 3 is 2.59 bits per heavy atom. The summed E-state index contributed by atoms with van der Waals surface area (Å²) >= 11 is 0. The van der Waals surface area contributed by atoms with Gasteiger partial charge in [-0.15, -0.1) is 0 Å². The highest BCUT2D eigenvalue weighted by atomic mass is 16.5. The lowest BCUT2D eigenvalue weighted by atomic mass is 9.88. The quantitative estimate of drug-likeness (QED) is 0.673. The molecule has 3 rings (SSSR count). The van der Waals surface area contributed by atoms with Gasteiger partial charge in [-0.1, -0.05) is 30.3 Å². The van der Waals surface area contributed by atoms with E-state index in [-0.39, 0.29) is 0 Å². The van der Waals surface area contributed by atoms with E-state index >= 15 is 0 Å². The van der Waals surface area contributed by atoms with Crippen LogP contribution >= 0.6 is 0 Å². The van der Waals surface area contributed by atoms with Gasteiger partial charge in [0.15, 0.2) is 0 Å². The number of morpholine rings is 1. The summed E-state index contributed by atoms with van der Waals surface area (Å²) in [6, 6.07) is 11.9. The number of benzene rings is 1. The highest BCUT2D eigenvalue weighted by molar-refractivity contribution is 5.67. The van der Waals surface area contributed by atoms with Gasteiger partial charge in [-0.3, -0.25) is 0 Å². The maximum atomic E-state index is 5.70. The van der Waals surface area contributed by atoms with Gasteiger partial charge in [-0.25, -0.2) is 0 Å². The number of hydrogen-bond donors (Lipinski definition) is 0. The number of rotatable bonds is 1. The van der Waals surface area contributed by atoms with Crippen LogP contribution in [0.15, 0.2) is 36.4 Å². The molecule has 0 aromatic heterocycles. The summed E-state index contributed by atoms with van der Waals surface area (Å²) in [5.74, 6) is 0. The summed E-state index contributed by atoms with van der Waals surface area (Å²) in [4.78, 5) is 0. The molecule has 0 spiro atoms. The Bertz CT molecular complexity index is 435. The first-order valence-electron chi connectivity index (χ1n) is 6.35. The van der Waals surface area contributed by atoms with Crippen LogP contribution in [0, 0.1) is 0 Å². The van der Waals surface area contributed by atoms with Crippen LogP contribution in [-0.2, 0) is 4.74 Å². The summed E-state index contributed by atoms with van der Waals surface area (Å²) < 4.78 is 6.78. The van der Waals surface area contributed by atoms with Crippen LogP contribution in [-0.4, -0.2) is 43.9 Å². The number of quaternary nitrogens is 1. The minimum Gasteiger partial charge on any atom is -0.369 e. The Balaban J connectivity index is 1.97. The molecule has 0 saturated carbocycles. The zero-order valence-corrected chi connectivity index (χ0v) is 10.6. The zero-order valence-electron chi connectivity index (χ0n) is 10.6. The summed E-state index contributed by atoms with van der Waals surface area (Å²) in [6.45, 7) is 1.76. The predicted octanol–water partition coefficient (Wildman–Crippen LogP) is 2.32. The first-order valence-corrected chi connectivity index (χ1v) is 6.35. The van der Waals surface area contributed by atoms with Gasteiger partial charge in [0, 0.05) is 6.42 Å². The van der Waals surface area contributed by atoms with Gasteiger partial charge in [0.05, 0.1) is 20.7 Å². The first-order chi connectivity index (χ1) is 8.18. The molecule has 2 nitrogen and oxygen atoms in total. The van der Waals surface area contributed by atoms with Crippen molar-refractivity contribution in [3.05, 3.63) is 42.0 Å². The molecule has 2 unspecified atom stereocenters. The van der Waals surface area contributed by atoms with E-state index in [1.165, 1.54) is 11.1 Å². The molecule has 0 radical (unpaired) electrons. The first kappa shape index (κ1) is 11.0. The van der Waals surface area contributed by atoms with Gasteiger partial charge in [0.1, 0.15) is 18.7 Å². The molecule has 1 aromatic rings.